The molecule has 190 valence electrons. The number of nitrogens with one attached hydrogen (secondary N) is 1. The zero-order valence-corrected chi connectivity index (χ0v) is 21.1. The zero-order chi connectivity index (χ0) is 25.7. The smallest absolute Gasteiger partial charge is 0.251 e. The summed E-state index contributed by atoms with van der Waals surface area (Å²) in [4.78, 5) is 17.7. The summed E-state index contributed by atoms with van der Waals surface area (Å²) in [5.74, 6) is 1.42. The van der Waals surface area contributed by atoms with Crippen LogP contribution in [0, 0.1) is 5.92 Å². The van der Waals surface area contributed by atoms with Crippen LogP contribution in [-0.4, -0.2) is 59.3 Å². The monoisotopic (exact) mass is 489 g/mol. The van der Waals surface area contributed by atoms with Gasteiger partial charge in [0.2, 0.25) is 0 Å². The zero-order valence-electron chi connectivity index (χ0n) is 21.1. The predicted molar refractivity (Wildman–Crippen MR) is 142 cm³/mol. The van der Waals surface area contributed by atoms with Crippen LogP contribution >= 0.6 is 0 Å². The number of phenols is 2. The van der Waals surface area contributed by atoms with Gasteiger partial charge in [0.15, 0.2) is 11.5 Å². The Kier molecular flexibility index (Phi) is 8.00. The van der Waals surface area contributed by atoms with Crippen molar-refractivity contribution in [3.05, 3.63) is 78.4 Å². The Morgan fingerprint density at radius 3 is 2.44 bits per heavy atom. The molecule has 1 saturated heterocycles. The molecule has 0 unspecified atom stereocenters. The lowest BCUT2D eigenvalue weighted by Crippen LogP contribution is -2.56. The molecule has 1 aliphatic rings. The van der Waals surface area contributed by atoms with Crippen LogP contribution in [0.3, 0.4) is 0 Å². The topological polar surface area (TPSA) is 85.3 Å². The number of phenolic OH excluding ortho intramolecular Hbond substituents is 2. The molecule has 7 nitrogen and oxygen atoms in total. The molecule has 0 bridgehead atoms. The molecule has 3 aromatic rings. The maximum atomic E-state index is 13.0. The highest BCUT2D eigenvalue weighted by atomic mass is 16.5. The molecule has 1 heterocycles. The largest absolute Gasteiger partial charge is 0.508 e. The van der Waals surface area contributed by atoms with Gasteiger partial charge in [-0.25, -0.2) is 0 Å². The molecular formula is C29H35N3O4. The Morgan fingerprint density at radius 2 is 1.78 bits per heavy atom. The van der Waals surface area contributed by atoms with Crippen molar-refractivity contribution in [3.63, 3.8) is 0 Å². The van der Waals surface area contributed by atoms with Gasteiger partial charge in [-0.15, -0.1) is 0 Å². The minimum absolute atomic E-state index is 0.00853. The van der Waals surface area contributed by atoms with E-state index in [1.54, 1.807) is 54.6 Å². The normalized spacial score (nSPS) is 17.1. The number of anilines is 1. The van der Waals surface area contributed by atoms with Gasteiger partial charge in [-0.2, -0.15) is 0 Å². The van der Waals surface area contributed by atoms with E-state index in [1.165, 1.54) is 0 Å². The molecule has 2 atom stereocenters. The van der Waals surface area contributed by atoms with Gasteiger partial charge in [-0.1, -0.05) is 32.0 Å². The summed E-state index contributed by atoms with van der Waals surface area (Å²) in [7, 11) is 0. The number of amides is 1. The molecule has 1 aliphatic heterocycles. The quantitative estimate of drug-likeness (QED) is 0.419. The van der Waals surface area contributed by atoms with E-state index >= 15 is 0 Å². The number of benzene rings is 3. The Labute approximate surface area is 212 Å². The second-order valence-corrected chi connectivity index (χ2v) is 9.74. The van der Waals surface area contributed by atoms with Gasteiger partial charge in [0.25, 0.3) is 5.91 Å². The van der Waals surface area contributed by atoms with Gasteiger partial charge in [0.05, 0.1) is 0 Å². The van der Waals surface area contributed by atoms with Crippen molar-refractivity contribution >= 4 is 11.6 Å². The fraction of sp³-hybridized carbons (Fsp3) is 0.345. The number of nitrogens with zero attached hydrogens (tertiary/aromatic N) is 2. The van der Waals surface area contributed by atoms with Crippen molar-refractivity contribution in [1.82, 2.24) is 10.2 Å². The molecule has 3 N–H and O–H groups in total. The van der Waals surface area contributed by atoms with Crippen molar-refractivity contribution in [2.24, 2.45) is 5.92 Å². The Bertz CT molecular complexity index is 1170. The van der Waals surface area contributed by atoms with Crippen LogP contribution in [-0.2, 0) is 0 Å². The van der Waals surface area contributed by atoms with Gasteiger partial charge in [0, 0.05) is 55.6 Å². The number of carbonyl (C=O) groups is 1. The number of hydrogen-bond donors (Lipinski definition) is 3. The molecule has 0 aromatic heterocycles. The van der Waals surface area contributed by atoms with E-state index in [-0.39, 0.29) is 29.4 Å². The SMILES string of the molecule is CC(C)[C@@H](CN1CCN(c2cccc(O)c2)[C@@H](C)C1)NC(=O)c1ccc(Oc2ccccc2O)cc1. The van der Waals surface area contributed by atoms with Crippen LogP contribution in [0.2, 0.25) is 0 Å². The van der Waals surface area contributed by atoms with Gasteiger partial charge < -0.3 is 25.2 Å². The van der Waals surface area contributed by atoms with E-state index in [4.69, 9.17) is 4.74 Å². The van der Waals surface area contributed by atoms with Crippen LogP contribution < -0.4 is 15.0 Å². The van der Waals surface area contributed by atoms with Crippen LogP contribution in [0.4, 0.5) is 5.69 Å². The molecule has 0 aliphatic carbocycles. The number of carbonyl (C=O) groups excluding carboxylic acids is 1. The van der Waals surface area contributed by atoms with E-state index in [9.17, 15) is 15.0 Å². The molecule has 7 heteroatoms. The fourth-order valence-electron chi connectivity index (χ4n) is 4.55. The van der Waals surface area contributed by atoms with Crippen molar-refractivity contribution in [2.45, 2.75) is 32.9 Å². The fourth-order valence-corrected chi connectivity index (χ4v) is 4.55. The highest BCUT2D eigenvalue weighted by molar-refractivity contribution is 5.94. The number of para-hydroxylation sites is 2. The van der Waals surface area contributed by atoms with Gasteiger partial charge >= 0.3 is 0 Å². The molecule has 0 saturated carbocycles. The first-order valence-corrected chi connectivity index (χ1v) is 12.4. The molecule has 3 aromatic carbocycles. The van der Waals surface area contributed by atoms with Crippen LogP contribution in [0.5, 0.6) is 23.0 Å². The summed E-state index contributed by atoms with van der Waals surface area (Å²) in [5, 5.41) is 22.9. The van der Waals surface area contributed by atoms with E-state index < -0.39 is 0 Å². The molecule has 0 radical (unpaired) electrons. The first-order valence-electron chi connectivity index (χ1n) is 12.4. The standard InChI is InChI=1S/C29H35N3O4/c1-20(2)26(19-31-15-16-32(21(3)18-31)23-7-6-8-24(33)17-23)30-29(35)22-11-13-25(14-12-22)36-28-10-5-4-9-27(28)34/h4-14,17,20-21,26,33-34H,15-16,18-19H2,1-3H3,(H,30,35)/t21-,26+/m0/s1. The number of ether oxygens (including phenoxy) is 1. The number of aromatic hydroxyl groups is 2. The number of piperazine rings is 1. The molecule has 36 heavy (non-hydrogen) atoms. The third-order valence-electron chi connectivity index (χ3n) is 6.66. The van der Waals surface area contributed by atoms with Crippen LogP contribution in [0.1, 0.15) is 31.1 Å². The highest BCUT2D eigenvalue weighted by Gasteiger charge is 2.27. The van der Waals surface area contributed by atoms with Crippen molar-refractivity contribution in [3.8, 4) is 23.0 Å². The van der Waals surface area contributed by atoms with Crippen LogP contribution in [0.15, 0.2) is 72.8 Å². The maximum Gasteiger partial charge on any atom is 0.251 e. The van der Waals surface area contributed by atoms with E-state index in [0.717, 1.165) is 31.9 Å². The number of hydrogen-bond acceptors (Lipinski definition) is 6. The summed E-state index contributed by atoms with van der Waals surface area (Å²) < 4.78 is 5.71. The predicted octanol–water partition coefficient (Wildman–Crippen LogP) is 4.86. The Balaban J connectivity index is 1.34. The van der Waals surface area contributed by atoms with E-state index in [0.29, 0.717) is 23.1 Å². The van der Waals surface area contributed by atoms with Gasteiger partial charge in [-0.3, -0.25) is 9.69 Å². The van der Waals surface area contributed by atoms with Gasteiger partial charge in [-0.05, 0) is 61.4 Å². The lowest BCUT2D eigenvalue weighted by molar-refractivity contribution is 0.0903. The van der Waals surface area contributed by atoms with E-state index in [2.05, 4.69) is 35.9 Å². The summed E-state index contributed by atoms with van der Waals surface area (Å²) >= 11 is 0. The lowest BCUT2D eigenvalue weighted by Gasteiger charge is -2.42. The van der Waals surface area contributed by atoms with Crippen molar-refractivity contribution in [2.75, 3.05) is 31.1 Å². The third kappa shape index (κ3) is 6.29. The second-order valence-electron chi connectivity index (χ2n) is 9.74. The molecule has 4 rings (SSSR count). The summed E-state index contributed by atoms with van der Waals surface area (Å²) in [6, 6.07) is 21.4. The summed E-state index contributed by atoms with van der Waals surface area (Å²) in [5.41, 5.74) is 1.60. The minimum Gasteiger partial charge on any atom is -0.508 e. The lowest BCUT2D eigenvalue weighted by atomic mass is 10.0. The van der Waals surface area contributed by atoms with Crippen molar-refractivity contribution < 1.29 is 19.7 Å². The molecule has 1 amide bonds. The first-order chi connectivity index (χ1) is 17.3. The minimum atomic E-state index is -0.116. The molecule has 1 fully saturated rings. The highest BCUT2D eigenvalue weighted by Crippen LogP contribution is 2.30. The van der Waals surface area contributed by atoms with Crippen LogP contribution in [0.25, 0.3) is 0 Å². The maximum absolute atomic E-state index is 13.0. The molecular weight excluding hydrogens is 454 g/mol. The average Bonchev–Trinajstić information content (AvgIpc) is 2.85. The summed E-state index contributed by atoms with van der Waals surface area (Å²) in [6.45, 7) is 9.85. The van der Waals surface area contributed by atoms with E-state index in [1.807, 2.05) is 18.2 Å². The Morgan fingerprint density at radius 1 is 1.03 bits per heavy atom. The number of rotatable bonds is 8. The Hall–Kier alpha value is -3.71. The van der Waals surface area contributed by atoms with Gasteiger partial charge in [0.1, 0.15) is 11.5 Å². The first kappa shape index (κ1) is 25.4. The average molecular weight is 490 g/mol. The van der Waals surface area contributed by atoms with Crippen molar-refractivity contribution in [1.29, 1.82) is 0 Å². The molecule has 0 spiro atoms. The second kappa shape index (κ2) is 11.4. The summed E-state index contributed by atoms with van der Waals surface area (Å²) in [6.07, 6.45) is 0. The third-order valence-corrected chi connectivity index (χ3v) is 6.66.